The average Bonchev–Trinajstić information content (AvgIpc) is 3.06. The molecule has 3 aliphatic rings. The van der Waals surface area contributed by atoms with Crippen molar-refractivity contribution >= 4 is 0 Å². The molecule has 92 valence electrons. The van der Waals surface area contributed by atoms with Crippen LogP contribution in [-0.2, 0) is 4.74 Å². The van der Waals surface area contributed by atoms with Crippen molar-refractivity contribution in [1.29, 1.82) is 0 Å². The Hall–Kier alpha value is -0.0400. The first-order valence-corrected chi connectivity index (χ1v) is 7.34. The van der Waals surface area contributed by atoms with Gasteiger partial charge >= 0.3 is 0 Å². The van der Waals surface area contributed by atoms with Crippen molar-refractivity contribution in [2.45, 2.75) is 77.4 Å². The van der Waals surface area contributed by atoms with Gasteiger partial charge in [0.1, 0.15) is 0 Å². The maximum absolute atomic E-state index is 5.77. The molecule has 2 saturated carbocycles. The van der Waals surface area contributed by atoms with E-state index in [1.807, 2.05) is 0 Å². The van der Waals surface area contributed by atoms with Crippen molar-refractivity contribution < 1.29 is 4.74 Å². The second kappa shape index (κ2) is 4.01. The van der Waals surface area contributed by atoms with Crippen molar-refractivity contribution in [3.05, 3.63) is 0 Å². The average molecular weight is 222 g/mol. The predicted molar refractivity (Wildman–Crippen MR) is 66.4 cm³/mol. The molecule has 0 spiro atoms. The monoisotopic (exact) mass is 222 g/mol. The molecule has 16 heavy (non-hydrogen) atoms. The molecule has 4 unspecified atom stereocenters. The topological polar surface area (TPSA) is 12.5 Å². The zero-order valence-electron chi connectivity index (χ0n) is 10.9. The van der Waals surface area contributed by atoms with Gasteiger partial charge in [-0.1, -0.05) is 46.0 Å². The minimum atomic E-state index is 0.583. The minimum absolute atomic E-state index is 0.583. The Balaban J connectivity index is 1.62. The lowest BCUT2D eigenvalue weighted by Crippen LogP contribution is -2.36. The van der Waals surface area contributed by atoms with Crippen molar-refractivity contribution in [1.82, 2.24) is 0 Å². The van der Waals surface area contributed by atoms with Crippen molar-refractivity contribution in [2.24, 2.45) is 17.3 Å². The maximum Gasteiger partial charge on any atom is 0.0872 e. The molecule has 2 aliphatic carbocycles. The first kappa shape index (κ1) is 11.1. The largest absolute Gasteiger partial charge is 0.369 e. The zero-order chi connectivity index (χ0) is 11.2. The van der Waals surface area contributed by atoms with Gasteiger partial charge in [-0.15, -0.1) is 0 Å². The fraction of sp³-hybridized carbons (Fsp3) is 1.00. The summed E-state index contributed by atoms with van der Waals surface area (Å²) in [5, 5.41) is 0. The van der Waals surface area contributed by atoms with Crippen LogP contribution >= 0.6 is 0 Å². The molecule has 4 atom stereocenters. The molecule has 1 saturated heterocycles. The molecule has 0 bridgehead atoms. The van der Waals surface area contributed by atoms with Gasteiger partial charge in [0.2, 0.25) is 0 Å². The van der Waals surface area contributed by atoms with Crippen LogP contribution in [0.1, 0.15) is 65.2 Å². The van der Waals surface area contributed by atoms with Gasteiger partial charge in [0.25, 0.3) is 0 Å². The summed E-state index contributed by atoms with van der Waals surface area (Å²) in [6.07, 6.45) is 12.9. The summed E-state index contributed by atoms with van der Waals surface area (Å²) in [5.41, 5.74) is 0.583. The molecule has 1 nitrogen and oxygen atoms in total. The van der Waals surface area contributed by atoms with Crippen LogP contribution in [0, 0.1) is 17.3 Å². The van der Waals surface area contributed by atoms with Crippen LogP contribution in [0.2, 0.25) is 0 Å². The lowest BCUT2D eigenvalue weighted by molar-refractivity contribution is 0.0928. The van der Waals surface area contributed by atoms with Crippen molar-refractivity contribution in [2.75, 3.05) is 0 Å². The maximum atomic E-state index is 5.77. The molecule has 1 heteroatoms. The highest BCUT2D eigenvalue weighted by Crippen LogP contribution is 2.53. The van der Waals surface area contributed by atoms with E-state index in [4.69, 9.17) is 4.74 Å². The normalized spacial score (nSPS) is 48.8. The Morgan fingerprint density at radius 3 is 2.62 bits per heavy atom. The second-order valence-electron chi connectivity index (χ2n) is 6.83. The minimum Gasteiger partial charge on any atom is -0.369 e. The molecule has 0 aromatic carbocycles. The van der Waals surface area contributed by atoms with Crippen molar-refractivity contribution in [3.63, 3.8) is 0 Å². The fourth-order valence-corrected chi connectivity index (χ4v) is 4.26. The highest BCUT2D eigenvalue weighted by Gasteiger charge is 2.54. The van der Waals surface area contributed by atoms with Crippen LogP contribution in [-0.4, -0.2) is 12.2 Å². The number of rotatable bonds is 2. The Bertz CT molecular complexity index is 256. The number of hydrogen-bond donors (Lipinski definition) is 0. The molecule has 0 aromatic heterocycles. The van der Waals surface area contributed by atoms with Gasteiger partial charge in [-0.25, -0.2) is 0 Å². The van der Waals surface area contributed by atoms with Crippen LogP contribution in [0.25, 0.3) is 0 Å². The lowest BCUT2D eigenvalue weighted by Gasteiger charge is -2.41. The summed E-state index contributed by atoms with van der Waals surface area (Å²) in [5.74, 6) is 1.82. The summed E-state index contributed by atoms with van der Waals surface area (Å²) in [6, 6.07) is 0. The van der Waals surface area contributed by atoms with E-state index in [0.29, 0.717) is 17.6 Å². The number of hydrogen-bond acceptors (Lipinski definition) is 1. The number of epoxide rings is 1. The van der Waals surface area contributed by atoms with E-state index in [9.17, 15) is 0 Å². The van der Waals surface area contributed by atoms with Crippen LogP contribution in [0.15, 0.2) is 0 Å². The summed E-state index contributed by atoms with van der Waals surface area (Å²) < 4.78 is 5.77. The summed E-state index contributed by atoms with van der Waals surface area (Å²) in [7, 11) is 0. The van der Waals surface area contributed by atoms with E-state index < -0.39 is 0 Å². The molecule has 3 rings (SSSR count). The van der Waals surface area contributed by atoms with Gasteiger partial charge in [-0.3, -0.25) is 0 Å². The Morgan fingerprint density at radius 2 is 1.88 bits per heavy atom. The first-order valence-electron chi connectivity index (χ1n) is 7.34. The third-order valence-corrected chi connectivity index (χ3v) is 5.69. The lowest BCUT2D eigenvalue weighted by atomic mass is 9.63. The smallest absolute Gasteiger partial charge is 0.0872 e. The predicted octanol–water partition coefficient (Wildman–Crippen LogP) is 4.16. The molecule has 0 radical (unpaired) electrons. The Kier molecular flexibility index (Phi) is 2.78. The quantitative estimate of drug-likeness (QED) is 0.639. The fourth-order valence-electron chi connectivity index (χ4n) is 4.26. The van der Waals surface area contributed by atoms with Gasteiger partial charge < -0.3 is 4.74 Å². The van der Waals surface area contributed by atoms with Crippen LogP contribution in [0.3, 0.4) is 0 Å². The summed E-state index contributed by atoms with van der Waals surface area (Å²) >= 11 is 0. The first-order chi connectivity index (χ1) is 7.69. The number of ether oxygens (including phenoxy) is 1. The van der Waals surface area contributed by atoms with E-state index in [2.05, 4.69) is 13.8 Å². The van der Waals surface area contributed by atoms with Crippen LogP contribution < -0.4 is 0 Å². The second-order valence-corrected chi connectivity index (χ2v) is 6.83. The SMILES string of the molecule is CC1C2OC2CCC1(C)CC1CCCCC1. The number of fused-ring (bicyclic) bond motifs is 1. The standard InChI is InChI=1S/C15H26O/c1-11-14-13(16-14)8-9-15(11,2)10-12-6-4-3-5-7-12/h11-14H,3-10H2,1-2H3. The van der Waals surface area contributed by atoms with E-state index in [0.717, 1.165) is 11.8 Å². The van der Waals surface area contributed by atoms with Gasteiger partial charge in [0.05, 0.1) is 12.2 Å². The third kappa shape index (κ3) is 1.92. The molecule has 3 fully saturated rings. The highest BCUT2D eigenvalue weighted by atomic mass is 16.6. The van der Waals surface area contributed by atoms with Crippen LogP contribution in [0.4, 0.5) is 0 Å². The van der Waals surface area contributed by atoms with Crippen molar-refractivity contribution in [3.8, 4) is 0 Å². The molecule has 1 aliphatic heterocycles. The highest BCUT2D eigenvalue weighted by molar-refractivity contribution is 5.02. The summed E-state index contributed by atoms with van der Waals surface area (Å²) in [6.45, 7) is 4.97. The molecular formula is C15H26O. The molecular weight excluding hydrogens is 196 g/mol. The van der Waals surface area contributed by atoms with Gasteiger partial charge in [0, 0.05) is 0 Å². The third-order valence-electron chi connectivity index (χ3n) is 5.69. The molecule has 0 aromatic rings. The van der Waals surface area contributed by atoms with Crippen LogP contribution in [0.5, 0.6) is 0 Å². The molecule has 1 heterocycles. The van der Waals surface area contributed by atoms with Gasteiger partial charge in [0.15, 0.2) is 0 Å². The molecule has 0 amide bonds. The van der Waals surface area contributed by atoms with Gasteiger partial charge in [-0.2, -0.15) is 0 Å². The summed E-state index contributed by atoms with van der Waals surface area (Å²) in [4.78, 5) is 0. The van der Waals surface area contributed by atoms with E-state index in [1.54, 1.807) is 0 Å². The van der Waals surface area contributed by atoms with Gasteiger partial charge in [-0.05, 0) is 36.5 Å². The van der Waals surface area contributed by atoms with E-state index in [1.165, 1.54) is 51.4 Å². The van der Waals surface area contributed by atoms with E-state index >= 15 is 0 Å². The zero-order valence-corrected chi connectivity index (χ0v) is 10.9. The van der Waals surface area contributed by atoms with E-state index in [-0.39, 0.29) is 0 Å². The Labute approximate surface area is 99.9 Å². The Morgan fingerprint density at radius 1 is 1.12 bits per heavy atom. The molecule has 0 N–H and O–H groups in total.